The van der Waals surface area contributed by atoms with Crippen LogP contribution in [0.5, 0.6) is 0 Å². The monoisotopic (exact) mass is 291 g/mol. The molecule has 0 saturated heterocycles. The molecule has 0 bridgehead atoms. The zero-order valence-corrected chi connectivity index (χ0v) is 12.0. The Morgan fingerprint density at radius 3 is 2.95 bits per heavy atom. The van der Waals surface area contributed by atoms with Crippen LogP contribution < -0.4 is 11.1 Å². The summed E-state index contributed by atoms with van der Waals surface area (Å²) in [6.07, 6.45) is 3.62. The second kappa shape index (κ2) is 6.36. The molecule has 1 aromatic carbocycles. The summed E-state index contributed by atoms with van der Waals surface area (Å²) in [5.74, 6) is -0.807. The molecule has 0 aliphatic rings. The van der Waals surface area contributed by atoms with Crippen LogP contribution in [0.3, 0.4) is 0 Å². The topological polar surface area (TPSA) is 76.2 Å². The Hall–Kier alpha value is -2.41. The van der Waals surface area contributed by atoms with Crippen molar-refractivity contribution in [2.24, 2.45) is 7.05 Å². The Morgan fingerprint density at radius 1 is 1.52 bits per heavy atom. The number of aryl methyl sites for hydroxylation is 1. The van der Waals surface area contributed by atoms with Crippen molar-refractivity contribution in [3.05, 3.63) is 42.0 Å². The van der Waals surface area contributed by atoms with Gasteiger partial charge in [0.1, 0.15) is 5.82 Å². The molecule has 0 fully saturated rings. The smallest absolute Gasteiger partial charge is 0.238 e. The number of nitrogens with one attached hydrogen (secondary N) is 1. The number of nitrogens with zero attached hydrogens (tertiary/aromatic N) is 3. The molecule has 0 radical (unpaired) electrons. The van der Waals surface area contributed by atoms with E-state index in [0.717, 1.165) is 5.56 Å². The van der Waals surface area contributed by atoms with Gasteiger partial charge in [-0.3, -0.25) is 14.4 Å². The average Bonchev–Trinajstić information content (AvgIpc) is 2.79. The molecule has 0 aliphatic heterocycles. The fourth-order valence-electron chi connectivity index (χ4n) is 1.99. The first kappa shape index (κ1) is 15.0. The van der Waals surface area contributed by atoms with Gasteiger partial charge in [0.2, 0.25) is 5.91 Å². The summed E-state index contributed by atoms with van der Waals surface area (Å²) in [7, 11) is 3.64. The van der Waals surface area contributed by atoms with E-state index >= 15 is 0 Å². The van der Waals surface area contributed by atoms with Crippen molar-refractivity contribution in [2.75, 3.05) is 24.6 Å². The number of carbonyl (C=O) groups is 1. The first-order valence-corrected chi connectivity index (χ1v) is 6.45. The molecule has 0 aliphatic carbocycles. The van der Waals surface area contributed by atoms with Gasteiger partial charge in [-0.05, 0) is 25.2 Å². The van der Waals surface area contributed by atoms with E-state index in [1.54, 1.807) is 10.9 Å². The Morgan fingerprint density at radius 2 is 2.29 bits per heavy atom. The molecule has 6 nitrogen and oxygen atoms in total. The standard InChI is InChI=1S/C14H18FN5O/c1-19(7-10-6-17-20(2)8-10)9-14(21)18-13-5-11(16)3-4-12(13)15/h3-6,8H,7,9,16H2,1-2H3,(H,18,21). The van der Waals surface area contributed by atoms with Gasteiger partial charge < -0.3 is 11.1 Å². The number of carbonyl (C=O) groups excluding carboxylic acids is 1. The van der Waals surface area contributed by atoms with E-state index < -0.39 is 5.82 Å². The van der Waals surface area contributed by atoms with Crippen LogP contribution in [-0.2, 0) is 18.4 Å². The number of hydrogen-bond acceptors (Lipinski definition) is 4. The second-order valence-electron chi connectivity index (χ2n) is 4.98. The molecule has 1 aromatic heterocycles. The van der Waals surface area contributed by atoms with E-state index in [2.05, 4.69) is 10.4 Å². The van der Waals surface area contributed by atoms with E-state index in [1.807, 2.05) is 25.2 Å². The van der Waals surface area contributed by atoms with Crippen LogP contribution in [0.15, 0.2) is 30.6 Å². The van der Waals surface area contributed by atoms with Gasteiger partial charge in [0.05, 0.1) is 18.4 Å². The fraction of sp³-hybridized carbons (Fsp3) is 0.286. The van der Waals surface area contributed by atoms with Gasteiger partial charge in [0, 0.05) is 31.0 Å². The minimum Gasteiger partial charge on any atom is -0.399 e. The molecule has 2 rings (SSSR count). The van der Waals surface area contributed by atoms with Crippen LogP contribution in [0.1, 0.15) is 5.56 Å². The second-order valence-corrected chi connectivity index (χ2v) is 4.98. The summed E-state index contributed by atoms with van der Waals surface area (Å²) in [6, 6.07) is 4.07. The van der Waals surface area contributed by atoms with Crippen molar-refractivity contribution < 1.29 is 9.18 Å². The molecule has 3 N–H and O–H groups in total. The Bertz CT molecular complexity index is 640. The Labute approximate surface area is 122 Å². The van der Waals surface area contributed by atoms with E-state index in [-0.39, 0.29) is 18.1 Å². The van der Waals surface area contributed by atoms with Gasteiger partial charge in [-0.2, -0.15) is 5.10 Å². The number of hydrogen-bond donors (Lipinski definition) is 2. The quantitative estimate of drug-likeness (QED) is 0.812. The molecular weight excluding hydrogens is 273 g/mol. The van der Waals surface area contributed by atoms with Crippen molar-refractivity contribution in [2.45, 2.75) is 6.54 Å². The number of rotatable bonds is 5. The third-order valence-corrected chi connectivity index (χ3v) is 2.89. The zero-order valence-electron chi connectivity index (χ0n) is 12.0. The highest BCUT2D eigenvalue weighted by molar-refractivity contribution is 5.92. The lowest BCUT2D eigenvalue weighted by Gasteiger charge is -2.15. The Kier molecular flexibility index (Phi) is 4.54. The zero-order chi connectivity index (χ0) is 15.4. The van der Waals surface area contributed by atoms with Crippen LogP contribution in [-0.4, -0.2) is 34.2 Å². The predicted molar refractivity (Wildman–Crippen MR) is 79.0 cm³/mol. The summed E-state index contributed by atoms with van der Waals surface area (Å²) in [5.41, 5.74) is 7.06. The van der Waals surface area contributed by atoms with Crippen molar-refractivity contribution in [3.63, 3.8) is 0 Å². The van der Waals surface area contributed by atoms with E-state index in [1.165, 1.54) is 18.2 Å². The van der Waals surface area contributed by atoms with Crippen molar-refractivity contribution in [3.8, 4) is 0 Å². The van der Waals surface area contributed by atoms with Gasteiger partial charge in [0.15, 0.2) is 0 Å². The molecule has 1 amide bonds. The third-order valence-electron chi connectivity index (χ3n) is 2.89. The average molecular weight is 291 g/mol. The molecule has 0 saturated carbocycles. The normalized spacial score (nSPS) is 10.9. The van der Waals surface area contributed by atoms with Gasteiger partial charge in [-0.25, -0.2) is 4.39 Å². The molecule has 112 valence electrons. The van der Waals surface area contributed by atoms with Crippen molar-refractivity contribution >= 4 is 17.3 Å². The summed E-state index contributed by atoms with van der Waals surface area (Å²) in [6.45, 7) is 0.726. The molecule has 0 atom stereocenters. The van der Waals surface area contributed by atoms with Gasteiger partial charge in [-0.15, -0.1) is 0 Å². The number of nitrogens with two attached hydrogens (primary N) is 1. The van der Waals surface area contributed by atoms with Gasteiger partial charge in [-0.1, -0.05) is 0 Å². The number of likely N-dealkylation sites (N-methyl/N-ethyl adjacent to an activating group) is 1. The Balaban J connectivity index is 1.90. The number of amides is 1. The van der Waals surface area contributed by atoms with Crippen LogP contribution in [0.4, 0.5) is 15.8 Å². The lowest BCUT2D eigenvalue weighted by atomic mass is 10.2. The van der Waals surface area contributed by atoms with Crippen LogP contribution >= 0.6 is 0 Å². The van der Waals surface area contributed by atoms with Crippen LogP contribution in [0.2, 0.25) is 0 Å². The lowest BCUT2D eigenvalue weighted by molar-refractivity contribution is -0.117. The van der Waals surface area contributed by atoms with Crippen LogP contribution in [0.25, 0.3) is 0 Å². The number of aromatic nitrogens is 2. The number of halogens is 1. The molecule has 1 heterocycles. The maximum absolute atomic E-state index is 13.5. The molecular formula is C14H18FN5O. The summed E-state index contributed by atoms with van der Waals surface area (Å²) in [5, 5.41) is 6.58. The first-order valence-electron chi connectivity index (χ1n) is 6.45. The van der Waals surface area contributed by atoms with Crippen molar-refractivity contribution in [1.82, 2.24) is 14.7 Å². The summed E-state index contributed by atoms with van der Waals surface area (Å²) >= 11 is 0. The fourth-order valence-corrected chi connectivity index (χ4v) is 1.99. The van der Waals surface area contributed by atoms with E-state index in [4.69, 9.17) is 5.73 Å². The molecule has 0 spiro atoms. The largest absolute Gasteiger partial charge is 0.399 e. The highest BCUT2D eigenvalue weighted by atomic mass is 19.1. The van der Waals surface area contributed by atoms with E-state index in [9.17, 15) is 9.18 Å². The maximum atomic E-state index is 13.5. The molecule has 0 unspecified atom stereocenters. The number of nitrogen functional groups attached to an aromatic ring is 1. The third kappa shape index (κ3) is 4.28. The number of benzene rings is 1. The highest BCUT2D eigenvalue weighted by Gasteiger charge is 2.11. The lowest BCUT2D eigenvalue weighted by Crippen LogP contribution is -2.30. The maximum Gasteiger partial charge on any atom is 0.238 e. The molecule has 21 heavy (non-hydrogen) atoms. The minimum absolute atomic E-state index is 0.0924. The highest BCUT2D eigenvalue weighted by Crippen LogP contribution is 2.17. The van der Waals surface area contributed by atoms with Crippen LogP contribution in [0, 0.1) is 5.82 Å². The minimum atomic E-state index is -0.507. The SMILES string of the molecule is CN(CC(=O)Nc1cc(N)ccc1F)Cc1cnn(C)c1. The van der Waals surface area contributed by atoms with E-state index in [0.29, 0.717) is 12.2 Å². The number of anilines is 2. The molecule has 7 heteroatoms. The van der Waals surface area contributed by atoms with Gasteiger partial charge in [0.25, 0.3) is 0 Å². The summed E-state index contributed by atoms with van der Waals surface area (Å²) in [4.78, 5) is 13.7. The summed E-state index contributed by atoms with van der Waals surface area (Å²) < 4.78 is 15.2. The first-order chi connectivity index (χ1) is 9.94. The molecule has 2 aromatic rings. The van der Waals surface area contributed by atoms with Gasteiger partial charge >= 0.3 is 0 Å². The predicted octanol–water partition coefficient (Wildman–Crippen LogP) is 1.21. The van der Waals surface area contributed by atoms with Crippen molar-refractivity contribution in [1.29, 1.82) is 0 Å².